The van der Waals surface area contributed by atoms with Crippen molar-refractivity contribution in [1.29, 1.82) is 0 Å². The molecule has 4 rings (SSSR count). The molecule has 1 N–H and O–H groups in total. The van der Waals surface area contributed by atoms with Crippen molar-refractivity contribution in [2.45, 2.75) is 20.8 Å². The zero-order valence-corrected chi connectivity index (χ0v) is 18.0. The Hall–Kier alpha value is -3.86. The molecule has 1 amide bonds. The monoisotopic (exact) mass is 412 g/mol. The summed E-state index contributed by atoms with van der Waals surface area (Å²) in [5.41, 5.74) is 4.78. The summed E-state index contributed by atoms with van der Waals surface area (Å²) in [6.07, 6.45) is 1.62. The Bertz CT molecular complexity index is 1370. The van der Waals surface area contributed by atoms with Crippen LogP contribution in [0.3, 0.4) is 0 Å². The molecular weight excluding hydrogens is 388 g/mol. The van der Waals surface area contributed by atoms with Gasteiger partial charge in [-0.05, 0) is 67.8 Å². The summed E-state index contributed by atoms with van der Waals surface area (Å²) in [5.74, 6) is 0.267. The van der Waals surface area contributed by atoms with Gasteiger partial charge >= 0.3 is 0 Å². The summed E-state index contributed by atoms with van der Waals surface area (Å²) in [5, 5.41) is 4.05. The molecule has 5 nitrogen and oxygen atoms in total. The highest BCUT2D eigenvalue weighted by molar-refractivity contribution is 6.13. The molecule has 0 saturated heterocycles. The van der Waals surface area contributed by atoms with Crippen molar-refractivity contribution in [2.75, 3.05) is 12.4 Å². The Morgan fingerprint density at radius 1 is 0.903 bits per heavy atom. The number of methoxy groups -OCH3 is 1. The van der Waals surface area contributed by atoms with Gasteiger partial charge in [0.2, 0.25) is 0 Å². The van der Waals surface area contributed by atoms with Crippen LogP contribution in [-0.4, -0.2) is 17.6 Å². The summed E-state index contributed by atoms with van der Waals surface area (Å²) >= 11 is 0. The molecule has 4 aromatic rings. The Balaban J connectivity index is 1.88. The van der Waals surface area contributed by atoms with Gasteiger partial charge in [-0.2, -0.15) is 0 Å². The van der Waals surface area contributed by atoms with Gasteiger partial charge in [-0.25, -0.2) is 0 Å². The number of rotatable bonds is 4. The average Bonchev–Trinajstić information content (AvgIpc) is 2.76. The van der Waals surface area contributed by atoms with E-state index in [1.807, 2.05) is 63.2 Å². The molecule has 156 valence electrons. The number of carbonyl (C=O) groups excluding carboxylic acids is 1. The lowest BCUT2D eigenvalue weighted by atomic mass is 10.1. The van der Waals surface area contributed by atoms with E-state index in [2.05, 4.69) is 5.32 Å². The largest absolute Gasteiger partial charge is 0.495 e. The van der Waals surface area contributed by atoms with E-state index < -0.39 is 0 Å². The quantitative estimate of drug-likeness (QED) is 0.503. The second kappa shape index (κ2) is 8.11. The number of nitrogens with one attached hydrogen (secondary N) is 1. The van der Waals surface area contributed by atoms with Crippen molar-refractivity contribution < 1.29 is 9.53 Å². The van der Waals surface area contributed by atoms with Crippen LogP contribution < -0.4 is 15.6 Å². The Morgan fingerprint density at radius 3 is 2.35 bits per heavy atom. The number of hydrogen-bond donors (Lipinski definition) is 1. The highest BCUT2D eigenvalue weighted by atomic mass is 16.5. The number of carbonyl (C=O) groups is 1. The molecule has 0 radical (unpaired) electrons. The van der Waals surface area contributed by atoms with Crippen LogP contribution in [0.2, 0.25) is 0 Å². The van der Waals surface area contributed by atoms with E-state index in [0.717, 1.165) is 22.4 Å². The number of aryl methyl sites for hydroxylation is 3. The lowest BCUT2D eigenvalue weighted by molar-refractivity contribution is 0.102. The SMILES string of the molecule is COc1ccc(C)cc1NC(=O)c1cn(-c2ccc(C)c(C)c2)c(=O)c2ccccc12. The molecule has 0 atom stereocenters. The van der Waals surface area contributed by atoms with Crippen LogP contribution in [0.15, 0.2) is 71.7 Å². The standard InChI is InChI=1S/C26H24N2O3/c1-16-9-12-24(31-4)23(13-16)27-25(29)22-15-28(19-11-10-17(2)18(3)14-19)26(30)21-8-6-5-7-20(21)22/h5-15H,1-4H3,(H,27,29). The lowest BCUT2D eigenvalue weighted by Crippen LogP contribution is -2.23. The van der Waals surface area contributed by atoms with Gasteiger partial charge in [0.25, 0.3) is 11.5 Å². The number of fused-ring (bicyclic) bond motifs is 1. The fraction of sp³-hybridized carbons (Fsp3) is 0.154. The van der Waals surface area contributed by atoms with E-state index in [1.54, 1.807) is 31.5 Å². The van der Waals surface area contributed by atoms with Gasteiger partial charge in [-0.3, -0.25) is 14.2 Å². The van der Waals surface area contributed by atoms with E-state index in [9.17, 15) is 9.59 Å². The summed E-state index contributed by atoms with van der Waals surface area (Å²) in [6, 6.07) is 18.6. The molecule has 31 heavy (non-hydrogen) atoms. The molecule has 0 aliphatic rings. The first-order chi connectivity index (χ1) is 14.9. The molecule has 1 heterocycles. The normalized spacial score (nSPS) is 10.8. The summed E-state index contributed by atoms with van der Waals surface area (Å²) < 4.78 is 6.93. The molecule has 0 bridgehead atoms. The average molecular weight is 412 g/mol. The maximum atomic E-state index is 13.3. The van der Waals surface area contributed by atoms with Crippen LogP contribution in [0.4, 0.5) is 5.69 Å². The minimum absolute atomic E-state index is 0.163. The van der Waals surface area contributed by atoms with Gasteiger partial charge < -0.3 is 10.1 Å². The number of amides is 1. The number of anilines is 1. The van der Waals surface area contributed by atoms with E-state index in [-0.39, 0.29) is 11.5 Å². The zero-order chi connectivity index (χ0) is 22.1. The summed E-state index contributed by atoms with van der Waals surface area (Å²) in [7, 11) is 1.57. The van der Waals surface area contributed by atoms with Gasteiger partial charge in [0.15, 0.2) is 0 Å². The molecule has 0 spiro atoms. The minimum Gasteiger partial charge on any atom is -0.495 e. The smallest absolute Gasteiger partial charge is 0.262 e. The highest BCUT2D eigenvalue weighted by Crippen LogP contribution is 2.27. The zero-order valence-electron chi connectivity index (χ0n) is 18.0. The second-order valence-corrected chi connectivity index (χ2v) is 7.69. The Morgan fingerprint density at radius 2 is 1.65 bits per heavy atom. The van der Waals surface area contributed by atoms with Gasteiger partial charge in [0.1, 0.15) is 5.75 Å². The molecule has 1 aromatic heterocycles. The minimum atomic E-state index is -0.308. The maximum absolute atomic E-state index is 13.3. The number of hydrogen-bond acceptors (Lipinski definition) is 3. The predicted molar refractivity (Wildman–Crippen MR) is 125 cm³/mol. The van der Waals surface area contributed by atoms with Crippen LogP contribution in [-0.2, 0) is 0 Å². The van der Waals surface area contributed by atoms with Crippen molar-refractivity contribution >= 4 is 22.4 Å². The van der Waals surface area contributed by atoms with E-state index in [0.29, 0.717) is 27.8 Å². The fourth-order valence-corrected chi connectivity index (χ4v) is 3.65. The number of ether oxygens (including phenoxy) is 1. The van der Waals surface area contributed by atoms with Crippen molar-refractivity contribution in [3.63, 3.8) is 0 Å². The fourth-order valence-electron chi connectivity index (χ4n) is 3.65. The number of aromatic nitrogens is 1. The molecule has 3 aromatic carbocycles. The molecule has 5 heteroatoms. The van der Waals surface area contributed by atoms with E-state index >= 15 is 0 Å². The van der Waals surface area contributed by atoms with Crippen molar-refractivity contribution in [2.24, 2.45) is 0 Å². The topological polar surface area (TPSA) is 60.3 Å². The van der Waals surface area contributed by atoms with Crippen molar-refractivity contribution in [3.05, 3.63) is 99.5 Å². The first-order valence-corrected chi connectivity index (χ1v) is 10.1. The van der Waals surface area contributed by atoms with E-state index in [4.69, 9.17) is 4.74 Å². The summed E-state index contributed by atoms with van der Waals surface area (Å²) in [6.45, 7) is 5.98. The molecule has 0 unspecified atom stereocenters. The molecular formula is C26H24N2O3. The third-order valence-electron chi connectivity index (χ3n) is 5.54. The third kappa shape index (κ3) is 3.82. The lowest BCUT2D eigenvalue weighted by Gasteiger charge is -2.15. The summed E-state index contributed by atoms with van der Waals surface area (Å²) in [4.78, 5) is 26.6. The van der Waals surface area contributed by atoms with Crippen LogP contribution in [0.25, 0.3) is 16.5 Å². The van der Waals surface area contributed by atoms with E-state index in [1.165, 1.54) is 4.57 Å². The number of nitrogens with zero attached hydrogens (tertiary/aromatic N) is 1. The Labute approximate surface area is 180 Å². The first kappa shape index (κ1) is 20.4. The van der Waals surface area contributed by atoms with Crippen LogP contribution in [0, 0.1) is 20.8 Å². The molecule has 0 saturated carbocycles. The molecule has 0 aliphatic carbocycles. The number of pyridine rings is 1. The van der Waals surface area contributed by atoms with Gasteiger partial charge in [0, 0.05) is 22.7 Å². The Kier molecular flexibility index (Phi) is 5.34. The van der Waals surface area contributed by atoms with Crippen LogP contribution >= 0.6 is 0 Å². The molecule has 0 fully saturated rings. The van der Waals surface area contributed by atoms with Crippen molar-refractivity contribution in [3.8, 4) is 11.4 Å². The first-order valence-electron chi connectivity index (χ1n) is 10.1. The molecule has 0 aliphatic heterocycles. The van der Waals surface area contributed by atoms with Crippen LogP contribution in [0.5, 0.6) is 5.75 Å². The van der Waals surface area contributed by atoms with Gasteiger partial charge in [0.05, 0.1) is 18.4 Å². The highest BCUT2D eigenvalue weighted by Gasteiger charge is 2.17. The van der Waals surface area contributed by atoms with Crippen molar-refractivity contribution in [1.82, 2.24) is 4.57 Å². The third-order valence-corrected chi connectivity index (χ3v) is 5.54. The second-order valence-electron chi connectivity index (χ2n) is 7.69. The predicted octanol–water partition coefficient (Wildman–Crippen LogP) is 5.18. The maximum Gasteiger partial charge on any atom is 0.262 e. The number of benzene rings is 3. The van der Waals surface area contributed by atoms with Gasteiger partial charge in [-0.15, -0.1) is 0 Å². The van der Waals surface area contributed by atoms with Crippen LogP contribution in [0.1, 0.15) is 27.0 Å². The van der Waals surface area contributed by atoms with Gasteiger partial charge in [-0.1, -0.05) is 30.3 Å².